The molecular formula is C14H15ClN2O2S. The second-order valence-corrected chi connectivity index (χ2v) is 6.64. The van der Waals surface area contributed by atoms with E-state index in [1.54, 1.807) is 43.3 Å². The molecule has 4 nitrogen and oxygen atoms in total. The third-order valence-corrected chi connectivity index (χ3v) is 4.82. The summed E-state index contributed by atoms with van der Waals surface area (Å²) in [7, 11) is -3.66. The molecule has 0 spiro atoms. The number of anilines is 2. The first-order chi connectivity index (χ1) is 9.31. The number of sulfonamides is 1. The van der Waals surface area contributed by atoms with Crippen LogP contribution in [0, 0.1) is 13.8 Å². The number of nitrogen functional groups attached to an aromatic ring is 1. The highest BCUT2D eigenvalue weighted by atomic mass is 35.5. The first-order valence-corrected chi connectivity index (χ1v) is 7.81. The molecule has 0 saturated heterocycles. The molecule has 0 atom stereocenters. The van der Waals surface area contributed by atoms with E-state index in [4.69, 9.17) is 17.3 Å². The summed E-state index contributed by atoms with van der Waals surface area (Å²) in [5, 5.41) is 0.501. The SMILES string of the molecule is Cc1ccc(S(=O)(=O)Nc2ccc(Cl)c(C)c2N)cc1. The highest BCUT2D eigenvalue weighted by Gasteiger charge is 2.16. The Labute approximate surface area is 123 Å². The summed E-state index contributed by atoms with van der Waals surface area (Å²) in [5.74, 6) is 0. The molecule has 0 amide bonds. The molecule has 2 rings (SSSR count). The summed E-state index contributed by atoms with van der Waals surface area (Å²) in [6, 6.07) is 9.75. The van der Waals surface area contributed by atoms with Gasteiger partial charge in [-0.3, -0.25) is 4.72 Å². The Kier molecular flexibility index (Phi) is 3.92. The van der Waals surface area contributed by atoms with Crippen LogP contribution in [0.3, 0.4) is 0 Å². The van der Waals surface area contributed by atoms with Crippen LogP contribution in [0.2, 0.25) is 5.02 Å². The first kappa shape index (κ1) is 14.7. The van der Waals surface area contributed by atoms with Crippen LogP contribution >= 0.6 is 11.6 Å². The predicted octanol–water partition coefficient (Wildman–Crippen LogP) is 3.34. The van der Waals surface area contributed by atoms with E-state index in [1.807, 2.05) is 6.92 Å². The van der Waals surface area contributed by atoms with Crippen molar-refractivity contribution in [3.8, 4) is 0 Å². The Hall–Kier alpha value is -1.72. The third kappa shape index (κ3) is 2.89. The van der Waals surface area contributed by atoms with E-state index < -0.39 is 10.0 Å². The average molecular weight is 311 g/mol. The number of nitrogens with one attached hydrogen (secondary N) is 1. The highest BCUT2D eigenvalue weighted by Crippen LogP contribution is 2.30. The standard InChI is InChI=1S/C14H15ClN2O2S/c1-9-3-5-11(6-4-9)20(18,19)17-13-8-7-12(15)10(2)14(13)16/h3-8,17H,16H2,1-2H3. The number of nitrogens with two attached hydrogens (primary N) is 1. The molecule has 0 aliphatic rings. The summed E-state index contributed by atoms with van der Waals surface area (Å²) in [4.78, 5) is 0.190. The third-order valence-electron chi connectivity index (χ3n) is 3.02. The van der Waals surface area contributed by atoms with Crippen LogP contribution < -0.4 is 10.5 Å². The van der Waals surface area contributed by atoms with Gasteiger partial charge in [-0.15, -0.1) is 0 Å². The van der Waals surface area contributed by atoms with Gasteiger partial charge in [-0.05, 0) is 43.7 Å². The van der Waals surface area contributed by atoms with E-state index in [2.05, 4.69) is 4.72 Å². The van der Waals surface area contributed by atoms with Crippen molar-refractivity contribution in [3.63, 3.8) is 0 Å². The maximum atomic E-state index is 12.3. The zero-order valence-electron chi connectivity index (χ0n) is 11.1. The molecule has 106 valence electrons. The van der Waals surface area contributed by atoms with Crippen molar-refractivity contribution in [2.24, 2.45) is 0 Å². The van der Waals surface area contributed by atoms with Gasteiger partial charge in [0.25, 0.3) is 10.0 Å². The quantitative estimate of drug-likeness (QED) is 0.854. The van der Waals surface area contributed by atoms with Crippen molar-refractivity contribution in [3.05, 3.63) is 52.5 Å². The molecule has 0 aromatic heterocycles. The van der Waals surface area contributed by atoms with Gasteiger partial charge >= 0.3 is 0 Å². The first-order valence-electron chi connectivity index (χ1n) is 5.95. The predicted molar refractivity (Wildman–Crippen MR) is 82.6 cm³/mol. The van der Waals surface area contributed by atoms with Crippen LogP contribution in [0.25, 0.3) is 0 Å². The Bertz CT molecular complexity index is 741. The minimum Gasteiger partial charge on any atom is -0.397 e. The second kappa shape index (κ2) is 5.34. The van der Waals surface area contributed by atoms with Gasteiger partial charge in [0.05, 0.1) is 16.3 Å². The van der Waals surface area contributed by atoms with E-state index in [-0.39, 0.29) is 4.90 Å². The fourth-order valence-corrected chi connectivity index (χ4v) is 2.96. The lowest BCUT2D eigenvalue weighted by Crippen LogP contribution is -2.14. The molecule has 0 fully saturated rings. The Morgan fingerprint density at radius 2 is 1.65 bits per heavy atom. The molecule has 0 bridgehead atoms. The lowest BCUT2D eigenvalue weighted by Gasteiger charge is -2.13. The van der Waals surface area contributed by atoms with Crippen LogP contribution in [0.5, 0.6) is 0 Å². The summed E-state index contributed by atoms with van der Waals surface area (Å²) in [6.07, 6.45) is 0. The van der Waals surface area contributed by atoms with Gasteiger partial charge in [0.15, 0.2) is 0 Å². The molecular weight excluding hydrogens is 296 g/mol. The topological polar surface area (TPSA) is 72.2 Å². The van der Waals surface area contributed by atoms with Gasteiger partial charge in [0.1, 0.15) is 0 Å². The van der Waals surface area contributed by atoms with Gasteiger partial charge in [0, 0.05) is 5.02 Å². The van der Waals surface area contributed by atoms with Crippen molar-refractivity contribution in [2.45, 2.75) is 18.7 Å². The van der Waals surface area contributed by atoms with Gasteiger partial charge in [-0.25, -0.2) is 8.42 Å². The normalized spacial score (nSPS) is 11.3. The molecule has 3 N–H and O–H groups in total. The minimum atomic E-state index is -3.66. The van der Waals surface area contributed by atoms with Crippen LogP contribution in [-0.2, 0) is 10.0 Å². The highest BCUT2D eigenvalue weighted by molar-refractivity contribution is 7.92. The number of hydrogen-bond donors (Lipinski definition) is 2. The molecule has 0 radical (unpaired) electrons. The Balaban J connectivity index is 2.38. The molecule has 6 heteroatoms. The number of benzene rings is 2. The monoisotopic (exact) mass is 310 g/mol. The van der Waals surface area contributed by atoms with Crippen LogP contribution in [0.15, 0.2) is 41.3 Å². The van der Waals surface area contributed by atoms with E-state index in [1.165, 1.54) is 0 Å². The van der Waals surface area contributed by atoms with Crippen molar-refractivity contribution < 1.29 is 8.42 Å². The minimum absolute atomic E-state index is 0.190. The molecule has 0 saturated carbocycles. The fraction of sp³-hybridized carbons (Fsp3) is 0.143. The largest absolute Gasteiger partial charge is 0.397 e. The number of halogens is 1. The summed E-state index contributed by atoms with van der Waals surface area (Å²) in [5.41, 5.74) is 8.18. The second-order valence-electron chi connectivity index (χ2n) is 4.55. The van der Waals surface area contributed by atoms with E-state index in [0.717, 1.165) is 5.56 Å². The zero-order chi connectivity index (χ0) is 14.9. The van der Waals surface area contributed by atoms with E-state index in [9.17, 15) is 8.42 Å². The fourth-order valence-electron chi connectivity index (χ4n) is 1.71. The van der Waals surface area contributed by atoms with Gasteiger partial charge in [0.2, 0.25) is 0 Å². The number of aryl methyl sites for hydroxylation is 1. The molecule has 0 aliphatic heterocycles. The van der Waals surface area contributed by atoms with Crippen molar-refractivity contribution in [1.82, 2.24) is 0 Å². The smallest absolute Gasteiger partial charge is 0.261 e. The molecule has 2 aromatic rings. The van der Waals surface area contributed by atoms with Crippen molar-refractivity contribution in [1.29, 1.82) is 0 Å². The van der Waals surface area contributed by atoms with Crippen LogP contribution in [-0.4, -0.2) is 8.42 Å². The molecule has 0 unspecified atom stereocenters. The van der Waals surface area contributed by atoms with Crippen LogP contribution in [0.1, 0.15) is 11.1 Å². The van der Waals surface area contributed by atoms with Crippen molar-refractivity contribution >= 4 is 33.0 Å². The summed E-state index contributed by atoms with van der Waals surface area (Å²) < 4.78 is 27.0. The van der Waals surface area contributed by atoms with Crippen molar-refractivity contribution in [2.75, 3.05) is 10.5 Å². The van der Waals surface area contributed by atoms with Crippen LogP contribution in [0.4, 0.5) is 11.4 Å². The molecule has 0 aliphatic carbocycles. The zero-order valence-corrected chi connectivity index (χ0v) is 12.7. The Morgan fingerprint density at radius 1 is 1.05 bits per heavy atom. The lowest BCUT2D eigenvalue weighted by atomic mass is 10.2. The molecule has 0 heterocycles. The summed E-state index contributed by atoms with van der Waals surface area (Å²) in [6.45, 7) is 3.63. The van der Waals surface area contributed by atoms with E-state index in [0.29, 0.717) is 22.0 Å². The van der Waals surface area contributed by atoms with Gasteiger partial charge < -0.3 is 5.73 Å². The van der Waals surface area contributed by atoms with Gasteiger partial charge in [-0.2, -0.15) is 0 Å². The Morgan fingerprint density at radius 3 is 2.25 bits per heavy atom. The lowest BCUT2D eigenvalue weighted by molar-refractivity contribution is 0.601. The van der Waals surface area contributed by atoms with Gasteiger partial charge in [-0.1, -0.05) is 29.3 Å². The number of hydrogen-bond acceptors (Lipinski definition) is 3. The summed E-state index contributed by atoms with van der Waals surface area (Å²) >= 11 is 5.93. The van der Waals surface area contributed by atoms with E-state index >= 15 is 0 Å². The molecule has 20 heavy (non-hydrogen) atoms. The maximum absolute atomic E-state index is 12.3. The number of rotatable bonds is 3. The maximum Gasteiger partial charge on any atom is 0.261 e. The average Bonchev–Trinajstić information content (AvgIpc) is 2.40. The molecule has 2 aromatic carbocycles.